The van der Waals surface area contributed by atoms with Gasteiger partial charge in [-0.15, -0.1) is 0 Å². The lowest BCUT2D eigenvalue weighted by Gasteiger charge is -2.29. The number of sulfonamides is 1. The van der Waals surface area contributed by atoms with E-state index in [0.717, 1.165) is 18.1 Å². The molecule has 2 N–H and O–H groups in total. The summed E-state index contributed by atoms with van der Waals surface area (Å²) in [7, 11) is -1.97. The lowest BCUT2D eigenvalue weighted by atomic mass is 9.95. The van der Waals surface area contributed by atoms with E-state index in [4.69, 9.17) is 0 Å². The molecule has 1 aromatic rings. The van der Waals surface area contributed by atoms with E-state index < -0.39 is 10.0 Å². The van der Waals surface area contributed by atoms with Crippen molar-refractivity contribution in [3.8, 4) is 0 Å². The van der Waals surface area contributed by atoms with E-state index in [1.54, 1.807) is 12.1 Å². The van der Waals surface area contributed by atoms with Crippen molar-refractivity contribution in [2.75, 3.05) is 18.6 Å². The maximum atomic E-state index is 12.0. The third kappa shape index (κ3) is 3.68. The smallest absolute Gasteiger partial charge is 0.242 e. The van der Waals surface area contributed by atoms with Gasteiger partial charge in [-0.25, -0.2) is 13.1 Å². The number of nitrogens with one attached hydrogen (secondary N) is 2. The van der Waals surface area contributed by atoms with E-state index in [9.17, 15) is 8.42 Å². The largest absolute Gasteiger partial charge is 0.381 e. The number of thioether (sulfide) groups is 1. The molecule has 1 saturated carbocycles. The molecule has 0 aromatic heterocycles. The first-order valence-electron chi connectivity index (χ1n) is 6.88. The molecule has 1 aliphatic carbocycles. The maximum Gasteiger partial charge on any atom is 0.242 e. The van der Waals surface area contributed by atoms with E-state index in [1.165, 1.54) is 19.9 Å². The second kappa shape index (κ2) is 6.83. The molecule has 1 aliphatic rings. The quantitative estimate of drug-likeness (QED) is 0.877. The second-order valence-electron chi connectivity index (χ2n) is 5.06. The van der Waals surface area contributed by atoms with Gasteiger partial charge < -0.3 is 5.32 Å². The van der Waals surface area contributed by atoms with Crippen LogP contribution in [0.2, 0.25) is 0 Å². The first-order valence-corrected chi connectivity index (χ1v) is 9.66. The molecule has 0 radical (unpaired) electrons. The van der Waals surface area contributed by atoms with Gasteiger partial charge in [-0.2, -0.15) is 11.8 Å². The summed E-state index contributed by atoms with van der Waals surface area (Å²) in [5.74, 6) is 0. The Labute approximate surface area is 125 Å². The van der Waals surface area contributed by atoms with Crippen molar-refractivity contribution >= 4 is 27.5 Å². The normalized spacial score (nSPS) is 23.5. The Balaban J connectivity index is 2.11. The lowest BCUT2D eigenvalue weighted by Crippen LogP contribution is -2.28. The Morgan fingerprint density at radius 1 is 1.15 bits per heavy atom. The van der Waals surface area contributed by atoms with Crippen molar-refractivity contribution < 1.29 is 8.42 Å². The fraction of sp³-hybridized carbons (Fsp3) is 0.571. The SMILES string of the molecule is CNS(=O)(=O)c1ccccc1NC1CCC(SC)CC1. The van der Waals surface area contributed by atoms with Crippen LogP contribution in [0.15, 0.2) is 29.2 Å². The van der Waals surface area contributed by atoms with E-state index in [1.807, 2.05) is 23.9 Å². The van der Waals surface area contributed by atoms with Crippen LogP contribution in [0, 0.1) is 0 Å². The predicted molar refractivity (Wildman–Crippen MR) is 85.9 cm³/mol. The van der Waals surface area contributed by atoms with E-state index in [2.05, 4.69) is 16.3 Å². The van der Waals surface area contributed by atoms with Crippen LogP contribution in [0.1, 0.15) is 25.7 Å². The van der Waals surface area contributed by atoms with Crippen LogP contribution < -0.4 is 10.0 Å². The van der Waals surface area contributed by atoms with Crippen LogP contribution in [0.5, 0.6) is 0 Å². The predicted octanol–water partition coefficient (Wildman–Crippen LogP) is 2.68. The lowest BCUT2D eigenvalue weighted by molar-refractivity contribution is 0.472. The molecular weight excluding hydrogens is 292 g/mol. The average molecular weight is 314 g/mol. The van der Waals surface area contributed by atoms with Crippen molar-refractivity contribution in [3.63, 3.8) is 0 Å². The van der Waals surface area contributed by atoms with Crippen LogP contribution >= 0.6 is 11.8 Å². The van der Waals surface area contributed by atoms with Gasteiger partial charge in [0.15, 0.2) is 0 Å². The minimum Gasteiger partial charge on any atom is -0.381 e. The van der Waals surface area contributed by atoms with Gasteiger partial charge in [0.2, 0.25) is 10.0 Å². The van der Waals surface area contributed by atoms with Gasteiger partial charge in [0, 0.05) is 11.3 Å². The molecule has 4 nitrogen and oxygen atoms in total. The number of anilines is 1. The highest BCUT2D eigenvalue weighted by molar-refractivity contribution is 7.99. The Bertz CT molecular complexity index is 538. The van der Waals surface area contributed by atoms with E-state index in [-0.39, 0.29) is 0 Å². The van der Waals surface area contributed by atoms with E-state index >= 15 is 0 Å². The van der Waals surface area contributed by atoms with Gasteiger partial charge in [0.05, 0.1) is 5.69 Å². The monoisotopic (exact) mass is 314 g/mol. The second-order valence-corrected chi connectivity index (χ2v) is 8.05. The summed E-state index contributed by atoms with van der Waals surface area (Å²) < 4.78 is 26.4. The molecular formula is C14H22N2O2S2. The van der Waals surface area contributed by atoms with Crippen molar-refractivity contribution in [1.29, 1.82) is 0 Å². The van der Waals surface area contributed by atoms with Crippen molar-refractivity contribution in [1.82, 2.24) is 4.72 Å². The summed E-state index contributed by atoms with van der Waals surface area (Å²) in [6.07, 6.45) is 6.74. The third-order valence-corrected chi connectivity index (χ3v) is 6.42. The highest BCUT2D eigenvalue weighted by Crippen LogP contribution is 2.30. The Morgan fingerprint density at radius 2 is 1.80 bits per heavy atom. The minimum absolute atomic E-state index is 0.328. The zero-order chi connectivity index (χ0) is 14.6. The first-order chi connectivity index (χ1) is 9.56. The van der Waals surface area contributed by atoms with Crippen LogP contribution in [-0.2, 0) is 10.0 Å². The summed E-state index contributed by atoms with van der Waals surface area (Å²) in [5.41, 5.74) is 0.703. The molecule has 2 rings (SSSR count). The molecule has 0 atom stereocenters. The fourth-order valence-corrected chi connectivity index (χ4v) is 4.23. The summed E-state index contributed by atoms with van der Waals surface area (Å²) >= 11 is 1.93. The Kier molecular flexibility index (Phi) is 5.35. The molecule has 20 heavy (non-hydrogen) atoms. The zero-order valence-corrected chi connectivity index (χ0v) is 13.6. The Hall–Kier alpha value is -0.720. The van der Waals surface area contributed by atoms with Crippen LogP contribution in [0.4, 0.5) is 5.69 Å². The summed E-state index contributed by atoms with van der Waals surface area (Å²) in [5, 5.41) is 4.16. The highest BCUT2D eigenvalue weighted by atomic mass is 32.2. The standard InChI is InChI=1S/C14H22N2O2S2/c1-15-20(17,18)14-6-4-3-5-13(14)16-11-7-9-12(19-2)10-8-11/h3-6,11-12,15-16H,7-10H2,1-2H3. The third-order valence-electron chi connectivity index (χ3n) is 3.81. The summed E-state index contributed by atoms with van der Waals surface area (Å²) in [6, 6.07) is 7.46. The highest BCUT2D eigenvalue weighted by Gasteiger charge is 2.22. The average Bonchev–Trinajstić information content (AvgIpc) is 2.48. The van der Waals surface area contributed by atoms with Crippen LogP contribution in [0.25, 0.3) is 0 Å². The molecule has 0 amide bonds. The van der Waals surface area contributed by atoms with Crippen molar-refractivity contribution in [3.05, 3.63) is 24.3 Å². The van der Waals surface area contributed by atoms with Gasteiger partial charge >= 0.3 is 0 Å². The number of para-hydroxylation sites is 1. The summed E-state index contributed by atoms with van der Waals surface area (Å²) in [4.78, 5) is 0.328. The van der Waals surface area contributed by atoms with Gasteiger partial charge in [-0.05, 0) is 51.1 Å². The molecule has 0 spiro atoms. The zero-order valence-electron chi connectivity index (χ0n) is 11.9. The van der Waals surface area contributed by atoms with Crippen molar-refractivity contribution in [2.45, 2.75) is 41.9 Å². The molecule has 0 unspecified atom stereocenters. The number of rotatable bonds is 5. The fourth-order valence-electron chi connectivity index (χ4n) is 2.59. The summed E-state index contributed by atoms with van der Waals surface area (Å²) in [6.45, 7) is 0. The molecule has 1 aromatic carbocycles. The molecule has 6 heteroatoms. The van der Waals surface area contributed by atoms with Gasteiger partial charge in [0.25, 0.3) is 0 Å². The topological polar surface area (TPSA) is 58.2 Å². The van der Waals surface area contributed by atoms with Crippen LogP contribution in [0.3, 0.4) is 0 Å². The number of hydrogen-bond acceptors (Lipinski definition) is 4. The molecule has 0 heterocycles. The number of benzene rings is 1. The maximum absolute atomic E-state index is 12.0. The van der Waals surface area contributed by atoms with Crippen molar-refractivity contribution in [2.24, 2.45) is 0 Å². The molecule has 112 valence electrons. The van der Waals surface area contributed by atoms with Gasteiger partial charge in [0.1, 0.15) is 4.90 Å². The Morgan fingerprint density at radius 3 is 2.40 bits per heavy atom. The molecule has 0 bridgehead atoms. The molecule has 0 aliphatic heterocycles. The van der Waals surface area contributed by atoms with Crippen LogP contribution in [-0.4, -0.2) is 33.0 Å². The first kappa shape index (κ1) is 15.7. The van der Waals surface area contributed by atoms with Gasteiger partial charge in [-0.3, -0.25) is 0 Å². The van der Waals surface area contributed by atoms with Gasteiger partial charge in [-0.1, -0.05) is 12.1 Å². The molecule has 1 fully saturated rings. The van der Waals surface area contributed by atoms with E-state index in [0.29, 0.717) is 16.6 Å². The minimum atomic E-state index is -3.41. The number of hydrogen-bond donors (Lipinski definition) is 2. The molecule has 0 saturated heterocycles.